The fourth-order valence-corrected chi connectivity index (χ4v) is 1.93. The van der Waals surface area contributed by atoms with Crippen LogP contribution in [0.1, 0.15) is 18.1 Å². The average molecular weight is 267 g/mol. The highest BCUT2D eigenvalue weighted by molar-refractivity contribution is 5.28. The van der Waals surface area contributed by atoms with Crippen molar-refractivity contribution < 1.29 is 4.74 Å². The number of rotatable bonds is 6. The molecule has 0 aliphatic rings. The third kappa shape index (κ3) is 4.34. The molecule has 2 rings (SSSR count). The Labute approximate surface area is 118 Å². The lowest BCUT2D eigenvalue weighted by Crippen LogP contribution is -2.01. The maximum atomic E-state index is 8.38. The van der Waals surface area contributed by atoms with E-state index < -0.39 is 0 Å². The lowest BCUT2D eigenvalue weighted by Gasteiger charge is -2.08. The van der Waals surface area contributed by atoms with Crippen molar-refractivity contribution in [1.82, 2.24) is 0 Å². The number of azide groups is 1. The van der Waals surface area contributed by atoms with Gasteiger partial charge in [-0.1, -0.05) is 54.5 Å². The van der Waals surface area contributed by atoms with Gasteiger partial charge in [0.05, 0.1) is 0 Å². The summed E-state index contributed by atoms with van der Waals surface area (Å²) in [5.74, 6) is 0.842. The molecule has 0 bridgehead atoms. The lowest BCUT2D eigenvalue weighted by molar-refractivity contribution is 0.306. The standard InChI is InChI=1S/C16H17N3O/c1-13(18-19-17)11-14-7-9-16(10-8-14)20-12-15-5-3-2-4-6-15/h2-10,13H,11-12H2,1H3/t13-/m1/s1. The van der Waals surface area contributed by atoms with E-state index in [2.05, 4.69) is 10.0 Å². The SMILES string of the molecule is C[C@H](Cc1ccc(OCc2ccccc2)cc1)N=[N+]=[N-]. The summed E-state index contributed by atoms with van der Waals surface area (Å²) in [7, 11) is 0. The molecular formula is C16H17N3O. The Kier molecular flexibility index (Phi) is 5.04. The van der Waals surface area contributed by atoms with Crippen molar-refractivity contribution >= 4 is 0 Å². The number of hydrogen-bond donors (Lipinski definition) is 0. The smallest absolute Gasteiger partial charge is 0.119 e. The predicted octanol–water partition coefficient (Wildman–Crippen LogP) is 4.51. The monoisotopic (exact) mass is 267 g/mol. The minimum absolute atomic E-state index is 0.0314. The van der Waals surface area contributed by atoms with Crippen molar-refractivity contribution in [2.24, 2.45) is 5.11 Å². The van der Waals surface area contributed by atoms with Gasteiger partial charge >= 0.3 is 0 Å². The minimum atomic E-state index is -0.0314. The van der Waals surface area contributed by atoms with Gasteiger partial charge < -0.3 is 4.74 Å². The molecule has 2 aromatic rings. The topological polar surface area (TPSA) is 58.0 Å². The van der Waals surface area contributed by atoms with Crippen LogP contribution in [0.15, 0.2) is 59.7 Å². The molecule has 1 atom stereocenters. The lowest BCUT2D eigenvalue weighted by atomic mass is 10.1. The Bertz CT molecular complexity index is 574. The average Bonchev–Trinajstić information content (AvgIpc) is 2.48. The first-order valence-corrected chi connectivity index (χ1v) is 6.58. The van der Waals surface area contributed by atoms with Crippen molar-refractivity contribution in [1.29, 1.82) is 0 Å². The van der Waals surface area contributed by atoms with Crippen LogP contribution in [-0.2, 0) is 13.0 Å². The van der Waals surface area contributed by atoms with Crippen molar-refractivity contribution in [3.63, 3.8) is 0 Å². The zero-order valence-electron chi connectivity index (χ0n) is 11.4. The van der Waals surface area contributed by atoms with Gasteiger partial charge in [-0.15, -0.1) is 0 Å². The van der Waals surface area contributed by atoms with E-state index in [1.54, 1.807) is 0 Å². The van der Waals surface area contributed by atoms with Crippen LogP contribution in [0.3, 0.4) is 0 Å². The molecule has 0 fully saturated rings. The Morgan fingerprint density at radius 3 is 2.40 bits per heavy atom. The molecule has 2 aromatic carbocycles. The molecule has 0 aliphatic heterocycles. The first-order chi connectivity index (χ1) is 9.78. The van der Waals surface area contributed by atoms with E-state index in [9.17, 15) is 0 Å². The van der Waals surface area contributed by atoms with E-state index in [1.807, 2.05) is 61.5 Å². The van der Waals surface area contributed by atoms with Gasteiger partial charge in [-0.05, 0) is 35.2 Å². The van der Waals surface area contributed by atoms with Crippen molar-refractivity contribution in [2.75, 3.05) is 0 Å². The predicted molar refractivity (Wildman–Crippen MR) is 79.5 cm³/mol. The maximum absolute atomic E-state index is 8.38. The summed E-state index contributed by atoms with van der Waals surface area (Å²) in [6.07, 6.45) is 0.739. The van der Waals surface area contributed by atoms with Crippen LogP contribution in [0.5, 0.6) is 5.75 Å². The summed E-state index contributed by atoms with van der Waals surface area (Å²) >= 11 is 0. The molecule has 0 saturated heterocycles. The van der Waals surface area contributed by atoms with E-state index in [1.165, 1.54) is 0 Å². The van der Waals surface area contributed by atoms with E-state index in [4.69, 9.17) is 10.3 Å². The van der Waals surface area contributed by atoms with Crippen LogP contribution in [0.4, 0.5) is 0 Å². The fourth-order valence-electron chi connectivity index (χ4n) is 1.93. The highest BCUT2D eigenvalue weighted by atomic mass is 16.5. The second-order valence-electron chi connectivity index (χ2n) is 4.68. The van der Waals surface area contributed by atoms with Crippen LogP contribution in [0, 0.1) is 0 Å². The molecule has 20 heavy (non-hydrogen) atoms. The Morgan fingerprint density at radius 2 is 1.75 bits per heavy atom. The Morgan fingerprint density at radius 1 is 1.05 bits per heavy atom. The number of nitrogens with zero attached hydrogens (tertiary/aromatic N) is 3. The van der Waals surface area contributed by atoms with E-state index >= 15 is 0 Å². The first kappa shape index (κ1) is 14.0. The summed E-state index contributed by atoms with van der Waals surface area (Å²) in [6, 6.07) is 17.9. The van der Waals surface area contributed by atoms with E-state index in [0.29, 0.717) is 6.61 Å². The number of hydrogen-bond acceptors (Lipinski definition) is 2. The third-order valence-electron chi connectivity index (χ3n) is 2.95. The number of benzene rings is 2. The third-order valence-corrected chi connectivity index (χ3v) is 2.95. The molecule has 0 amide bonds. The molecular weight excluding hydrogens is 250 g/mol. The van der Waals surface area contributed by atoms with Gasteiger partial charge in [0, 0.05) is 11.0 Å². The van der Waals surface area contributed by atoms with Crippen molar-refractivity contribution in [3.8, 4) is 5.75 Å². The summed E-state index contributed by atoms with van der Waals surface area (Å²) < 4.78 is 5.72. The summed E-state index contributed by atoms with van der Waals surface area (Å²) in [5, 5.41) is 3.67. The Balaban J connectivity index is 1.90. The summed E-state index contributed by atoms with van der Waals surface area (Å²) in [4.78, 5) is 2.81. The molecule has 0 N–H and O–H groups in total. The largest absolute Gasteiger partial charge is 0.489 e. The Hall–Kier alpha value is -2.45. The van der Waals surface area contributed by atoms with Crippen LogP contribution >= 0.6 is 0 Å². The molecule has 0 saturated carbocycles. The van der Waals surface area contributed by atoms with Crippen LogP contribution < -0.4 is 4.74 Å². The molecule has 0 aromatic heterocycles. The zero-order chi connectivity index (χ0) is 14.2. The van der Waals surface area contributed by atoms with Crippen molar-refractivity contribution in [2.45, 2.75) is 26.0 Å². The highest BCUT2D eigenvalue weighted by Gasteiger charge is 2.01. The van der Waals surface area contributed by atoms with Crippen LogP contribution in [0.2, 0.25) is 0 Å². The molecule has 0 radical (unpaired) electrons. The molecule has 0 unspecified atom stereocenters. The molecule has 4 heteroatoms. The van der Waals surface area contributed by atoms with E-state index in [-0.39, 0.29) is 6.04 Å². The maximum Gasteiger partial charge on any atom is 0.119 e. The summed E-state index contributed by atoms with van der Waals surface area (Å²) in [5.41, 5.74) is 10.7. The van der Waals surface area contributed by atoms with Gasteiger partial charge in [0.1, 0.15) is 12.4 Å². The van der Waals surface area contributed by atoms with Crippen LogP contribution in [0.25, 0.3) is 10.4 Å². The van der Waals surface area contributed by atoms with Gasteiger partial charge in [-0.3, -0.25) is 0 Å². The van der Waals surface area contributed by atoms with Crippen LogP contribution in [-0.4, -0.2) is 6.04 Å². The molecule has 102 valence electrons. The van der Waals surface area contributed by atoms with Gasteiger partial charge in [0.15, 0.2) is 0 Å². The number of ether oxygens (including phenoxy) is 1. The van der Waals surface area contributed by atoms with Gasteiger partial charge in [-0.25, -0.2) is 0 Å². The minimum Gasteiger partial charge on any atom is -0.489 e. The summed E-state index contributed by atoms with van der Waals surface area (Å²) in [6.45, 7) is 2.47. The molecule has 0 aliphatic carbocycles. The second-order valence-corrected chi connectivity index (χ2v) is 4.68. The molecule has 0 spiro atoms. The normalized spacial score (nSPS) is 11.4. The fraction of sp³-hybridized carbons (Fsp3) is 0.250. The first-order valence-electron chi connectivity index (χ1n) is 6.58. The zero-order valence-corrected chi connectivity index (χ0v) is 11.4. The van der Waals surface area contributed by atoms with Gasteiger partial charge in [0.25, 0.3) is 0 Å². The van der Waals surface area contributed by atoms with E-state index in [0.717, 1.165) is 23.3 Å². The molecule has 0 heterocycles. The van der Waals surface area contributed by atoms with Gasteiger partial charge in [-0.2, -0.15) is 0 Å². The molecule has 4 nitrogen and oxygen atoms in total. The second kappa shape index (κ2) is 7.22. The highest BCUT2D eigenvalue weighted by Crippen LogP contribution is 2.15. The van der Waals surface area contributed by atoms with Gasteiger partial charge in [0.2, 0.25) is 0 Å². The quantitative estimate of drug-likeness (QED) is 0.431. The van der Waals surface area contributed by atoms with Crippen molar-refractivity contribution in [3.05, 3.63) is 76.2 Å².